The number of hydrogen-bond donors (Lipinski definition) is 0. The molecule has 1 fully saturated rings. The molecule has 2 aliphatic rings. The van der Waals surface area contributed by atoms with Gasteiger partial charge in [-0.3, -0.25) is 0 Å². The molecule has 6 atom stereocenters. The van der Waals surface area contributed by atoms with Crippen LogP contribution in [0, 0.1) is 0 Å². The van der Waals surface area contributed by atoms with E-state index in [1.807, 2.05) is 54.6 Å². The molecule has 0 saturated carbocycles. The second kappa shape index (κ2) is 15.3. The molecule has 4 aromatic rings. The van der Waals surface area contributed by atoms with Crippen molar-refractivity contribution in [2.75, 3.05) is 6.61 Å². The van der Waals surface area contributed by atoms with E-state index in [2.05, 4.69) is 85.8 Å². The van der Waals surface area contributed by atoms with E-state index in [4.69, 9.17) is 23.7 Å². The molecule has 0 radical (unpaired) electrons. The molecule has 2 heterocycles. The van der Waals surface area contributed by atoms with Crippen LogP contribution in [0.15, 0.2) is 133 Å². The van der Waals surface area contributed by atoms with Crippen molar-refractivity contribution in [1.29, 1.82) is 0 Å². The van der Waals surface area contributed by atoms with Crippen LogP contribution in [0.25, 0.3) is 0 Å². The second-order valence-corrected chi connectivity index (χ2v) is 13.9. The van der Waals surface area contributed by atoms with E-state index >= 15 is 0 Å². The summed E-state index contributed by atoms with van der Waals surface area (Å²) in [5, 5.41) is 0. The molecule has 1 saturated heterocycles. The van der Waals surface area contributed by atoms with Gasteiger partial charge in [0.2, 0.25) is 0 Å². The fraction of sp³-hybridized carbons (Fsp3) is 0.316. The van der Waals surface area contributed by atoms with E-state index < -0.39 is 11.9 Å². The molecule has 44 heavy (non-hydrogen) atoms. The summed E-state index contributed by atoms with van der Waals surface area (Å²) in [6.45, 7) is 3.85. The molecular formula is C38H40O5Se. The van der Waals surface area contributed by atoms with Gasteiger partial charge in [-0.05, 0) is 0 Å². The first kappa shape index (κ1) is 30.9. The van der Waals surface area contributed by atoms with Gasteiger partial charge in [0.15, 0.2) is 0 Å². The Morgan fingerprint density at radius 2 is 1.18 bits per heavy atom. The Bertz CT molecular complexity index is 1440. The zero-order chi connectivity index (χ0) is 30.0. The monoisotopic (exact) mass is 656 g/mol. The molecule has 0 unspecified atom stereocenters. The van der Waals surface area contributed by atoms with E-state index in [1.54, 1.807) is 0 Å². The van der Waals surface area contributed by atoms with Crippen molar-refractivity contribution in [2.24, 2.45) is 0 Å². The van der Waals surface area contributed by atoms with Crippen LogP contribution in [-0.4, -0.2) is 51.8 Å². The fourth-order valence-electron chi connectivity index (χ4n) is 5.75. The Labute approximate surface area is 267 Å². The van der Waals surface area contributed by atoms with Crippen LogP contribution in [0.1, 0.15) is 30.0 Å². The number of rotatable bonds is 12. The molecule has 6 heteroatoms. The van der Waals surface area contributed by atoms with Crippen LogP contribution in [0.2, 0.25) is 4.82 Å². The molecule has 0 N–H and O–H groups in total. The standard InChI is InChI=1S/C38H40O5Se/c1-29-15-14-24-38(42-29)37(44-33-22-12-5-13-23-33)36(41-27-32-20-10-4-11-21-32)35(40-26-31-18-8-3-9-19-31)34(43-38)28-39-25-30-16-6-2-7-17-30/h2-14,16-24,29,34-37H,15,25-28H2,1H3/t29-,34-,35-,36+,37-,38+/m1/s1. The third kappa shape index (κ3) is 7.96. The molecule has 5 nitrogen and oxygen atoms in total. The van der Waals surface area contributed by atoms with Crippen molar-refractivity contribution in [3.63, 3.8) is 0 Å². The molecule has 4 aromatic carbocycles. The summed E-state index contributed by atoms with van der Waals surface area (Å²) in [7, 11) is 0. The molecule has 228 valence electrons. The van der Waals surface area contributed by atoms with Gasteiger partial charge in [-0.1, -0.05) is 0 Å². The van der Waals surface area contributed by atoms with Gasteiger partial charge >= 0.3 is 268 Å². The van der Waals surface area contributed by atoms with Crippen LogP contribution < -0.4 is 4.46 Å². The third-order valence-electron chi connectivity index (χ3n) is 7.89. The maximum absolute atomic E-state index is 7.07. The fourth-order valence-corrected chi connectivity index (χ4v) is 8.54. The van der Waals surface area contributed by atoms with Crippen molar-refractivity contribution in [3.8, 4) is 0 Å². The van der Waals surface area contributed by atoms with Gasteiger partial charge in [-0.2, -0.15) is 0 Å². The summed E-state index contributed by atoms with van der Waals surface area (Å²) in [5.41, 5.74) is 3.33. The van der Waals surface area contributed by atoms with Gasteiger partial charge in [-0.15, -0.1) is 0 Å². The molecule has 2 aliphatic heterocycles. The zero-order valence-electron chi connectivity index (χ0n) is 25.1. The predicted molar refractivity (Wildman–Crippen MR) is 174 cm³/mol. The van der Waals surface area contributed by atoms with Crippen molar-refractivity contribution < 1.29 is 23.7 Å². The summed E-state index contributed by atoms with van der Waals surface area (Å²) in [4.78, 5) is -0.105. The van der Waals surface area contributed by atoms with Gasteiger partial charge in [-0.25, -0.2) is 0 Å². The Kier molecular flexibility index (Phi) is 10.8. The number of benzene rings is 4. The van der Waals surface area contributed by atoms with Crippen LogP contribution in [-0.2, 0) is 43.5 Å². The van der Waals surface area contributed by atoms with Crippen LogP contribution >= 0.6 is 0 Å². The summed E-state index contributed by atoms with van der Waals surface area (Å²) in [6.07, 6.45) is 4.06. The first-order chi connectivity index (χ1) is 21.7. The van der Waals surface area contributed by atoms with Gasteiger partial charge in [0.05, 0.1) is 0 Å². The number of hydrogen-bond acceptors (Lipinski definition) is 5. The van der Waals surface area contributed by atoms with Crippen molar-refractivity contribution in [2.45, 2.75) is 68.2 Å². The van der Waals surface area contributed by atoms with Gasteiger partial charge in [0, 0.05) is 0 Å². The first-order valence-corrected chi connectivity index (χ1v) is 17.2. The van der Waals surface area contributed by atoms with E-state index in [-0.39, 0.29) is 38.1 Å². The summed E-state index contributed by atoms with van der Waals surface area (Å²) in [5.74, 6) is -0.956. The number of ether oxygens (including phenoxy) is 5. The molecule has 1 spiro atoms. The van der Waals surface area contributed by atoms with Gasteiger partial charge in [0.1, 0.15) is 0 Å². The van der Waals surface area contributed by atoms with Crippen molar-refractivity contribution >= 4 is 19.4 Å². The molecule has 0 amide bonds. The second-order valence-electron chi connectivity index (χ2n) is 11.3. The summed E-state index contributed by atoms with van der Waals surface area (Å²) < 4.78 is 35.2. The normalized spacial score (nSPS) is 26.5. The average molecular weight is 656 g/mol. The molecule has 0 bridgehead atoms. The molecular weight excluding hydrogens is 615 g/mol. The maximum atomic E-state index is 7.07. The van der Waals surface area contributed by atoms with Crippen LogP contribution in [0.5, 0.6) is 0 Å². The van der Waals surface area contributed by atoms with Gasteiger partial charge < -0.3 is 0 Å². The van der Waals surface area contributed by atoms with Gasteiger partial charge in [0.25, 0.3) is 0 Å². The third-order valence-corrected chi connectivity index (χ3v) is 10.8. The Balaban J connectivity index is 1.35. The van der Waals surface area contributed by atoms with Crippen LogP contribution in [0.4, 0.5) is 0 Å². The van der Waals surface area contributed by atoms with Crippen molar-refractivity contribution in [1.82, 2.24) is 0 Å². The SMILES string of the molecule is C[C@@H]1CC=C[C@]2(O1)O[C@H](COCc1ccccc1)[C@@H](OCc1ccccc1)[C@H](OCc1ccccc1)[C@H]2[Se]c1ccccc1. The molecule has 6 rings (SSSR count). The van der Waals surface area contributed by atoms with E-state index in [1.165, 1.54) is 4.46 Å². The quantitative estimate of drug-likeness (QED) is 0.126. The Morgan fingerprint density at radius 1 is 0.659 bits per heavy atom. The summed E-state index contributed by atoms with van der Waals surface area (Å²) >= 11 is -0.0474. The van der Waals surface area contributed by atoms with Crippen molar-refractivity contribution in [3.05, 3.63) is 150 Å². The first-order valence-electron chi connectivity index (χ1n) is 15.4. The van der Waals surface area contributed by atoms with E-state index in [0.717, 1.165) is 23.1 Å². The topological polar surface area (TPSA) is 46.2 Å². The van der Waals surface area contributed by atoms with Crippen LogP contribution in [0.3, 0.4) is 0 Å². The summed E-state index contributed by atoms with van der Waals surface area (Å²) in [6, 6.07) is 41.5. The molecule has 0 aromatic heterocycles. The van der Waals surface area contributed by atoms with E-state index in [9.17, 15) is 0 Å². The minimum atomic E-state index is -0.956. The Hall–Kier alpha value is -3.06. The average Bonchev–Trinajstić information content (AvgIpc) is 3.06. The predicted octanol–water partition coefficient (Wildman–Crippen LogP) is 6.65. The Morgan fingerprint density at radius 3 is 1.75 bits per heavy atom. The zero-order valence-corrected chi connectivity index (χ0v) is 26.8. The van der Waals surface area contributed by atoms with E-state index in [0.29, 0.717) is 26.4 Å². The minimum absolute atomic E-state index is 0.0107. The molecule has 0 aliphatic carbocycles.